The summed E-state index contributed by atoms with van der Waals surface area (Å²) in [4.78, 5) is 13.8. The second-order valence-electron chi connectivity index (χ2n) is 10.7. The number of nitrogens with one attached hydrogen (secondary N) is 1. The Balaban J connectivity index is 0.000000225. The Labute approximate surface area is 254 Å². The molecule has 0 aliphatic carbocycles. The molecule has 1 amide bonds. The van der Waals surface area contributed by atoms with Crippen LogP contribution in [0.5, 0.6) is 11.5 Å². The molecule has 0 aromatic heterocycles. The van der Waals surface area contributed by atoms with Gasteiger partial charge in [-0.25, -0.2) is 4.79 Å². The van der Waals surface area contributed by atoms with Crippen molar-refractivity contribution >= 4 is 38.0 Å². The van der Waals surface area contributed by atoms with Crippen molar-refractivity contribution in [2.45, 2.75) is 51.4 Å². The SMILES string of the molecule is C=CCOc1ccc(C[C@@H]2CNCCO2)cc1Br.CC(C)(C)OC(=O)N1CCO[C@H](Cc2ccc(O)c(Br)c2)C1. The number of phenols is 1. The largest absolute Gasteiger partial charge is 0.507 e. The number of morpholine rings is 2. The maximum Gasteiger partial charge on any atom is 0.410 e. The van der Waals surface area contributed by atoms with E-state index in [1.165, 1.54) is 5.56 Å². The summed E-state index contributed by atoms with van der Waals surface area (Å²) in [5.41, 5.74) is 1.80. The van der Waals surface area contributed by atoms with Gasteiger partial charge in [0.05, 0.1) is 40.9 Å². The molecule has 2 aromatic rings. The number of aromatic hydroxyl groups is 1. The molecule has 0 radical (unpaired) electrons. The standard InChI is InChI=1S/C16H22BrNO4.C14H18BrNO2/c1-16(2,3)22-15(20)18-6-7-21-12(10-18)8-11-4-5-14(19)13(17)9-11;1-2-6-18-14-4-3-11(9-13(14)15)8-12-10-16-5-7-17-12/h4-5,9,12,19H,6-8,10H2,1-3H3;2-4,9,12,16H,1,5-8,10H2/t2*12-/m11/s1. The zero-order chi connectivity index (χ0) is 29.1. The van der Waals surface area contributed by atoms with Crippen LogP contribution < -0.4 is 10.1 Å². The van der Waals surface area contributed by atoms with Gasteiger partial charge in [0.1, 0.15) is 23.7 Å². The third kappa shape index (κ3) is 11.0. The van der Waals surface area contributed by atoms with Gasteiger partial charge in [0.15, 0.2) is 0 Å². The van der Waals surface area contributed by atoms with Crippen LogP contribution in [-0.4, -0.2) is 79.9 Å². The molecule has 0 saturated carbocycles. The van der Waals surface area contributed by atoms with Crippen molar-refractivity contribution in [3.8, 4) is 11.5 Å². The fraction of sp³-hybridized carbons (Fsp3) is 0.500. The molecule has 8 nitrogen and oxygen atoms in total. The summed E-state index contributed by atoms with van der Waals surface area (Å²) >= 11 is 6.83. The van der Waals surface area contributed by atoms with E-state index in [0.29, 0.717) is 37.2 Å². The van der Waals surface area contributed by atoms with Crippen molar-refractivity contribution in [3.63, 3.8) is 0 Å². The topological polar surface area (TPSA) is 89.5 Å². The van der Waals surface area contributed by atoms with Gasteiger partial charge in [0.2, 0.25) is 0 Å². The molecule has 220 valence electrons. The summed E-state index contributed by atoms with van der Waals surface area (Å²) in [5.74, 6) is 1.06. The third-order valence-electron chi connectivity index (χ3n) is 6.09. The average Bonchev–Trinajstić information content (AvgIpc) is 2.91. The van der Waals surface area contributed by atoms with E-state index in [0.717, 1.165) is 41.9 Å². The second kappa shape index (κ2) is 15.8. The van der Waals surface area contributed by atoms with Crippen LogP contribution >= 0.6 is 31.9 Å². The first-order valence-corrected chi connectivity index (χ1v) is 15.0. The first-order valence-electron chi connectivity index (χ1n) is 13.5. The summed E-state index contributed by atoms with van der Waals surface area (Å²) in [6.07, 6.45) is 3.24. The summed E-state index contributed by atoms with van der Waals surface area (Å²) in [6.45, 7) is 14.0. The van der Waals surface area contributed by atoms with Crippen LogP contribution in [0.15, 0.2) is 58.0 Å². The van der Waals surface area contributed by atoms with Gasteiger partial charge in [0.25, 0.3) is 0 Å². The normalized spacial score (nSPS) is 19.3. The Morgan fingerprint density at radius 2 is 1.77 bits per heavy atom. The number of benzene rings is 2. The molecule has 10 heteroatoms. The van der Waals surface area contributed by atoms with Crippen molar-refractivity contribution in [1.82, 2.24) is 10.2 Å². The Bertz CT molecular complexity index is 1120. The van der Waals surface area contributed by atoms with Gasteiger partial charge in [-0.1, -0.05) is 24.8 Å². The average molecular weight is 684 g/mol. The summed E-state index contributed by atoms with van der Waals surface area (Å²) in [6, 6.07) is 11.5. The predicted molar refractivity (Wildman–Crippen MR) is 163 cm³/mol. The summed E-state index contributed by atoms with van der Waals surface area (Å²) in [5, 5.41) is 12.9. The van der Waals surface area contributed by atoms with Crippen LogP contribution in [0.25, 0.3) is 0 Å². The Hall–Kier alpha value is -2.11. The number of carbonyl (C=O) groups is 1. The highest BCUT2D eigenvalue weighted by Gasteiger charge is 2.28. The van der Waals surface area contributed by atoms with E-state index in [4.69, 9.17) is 18.9 Å². The summed E-state index contributed by atoms with van der Waals surface area (Å²) < 4.78 is 24.0. The Morgan fingerprint density at radius 3 is 2.40 bits per heavy atom. The Morgan fingerprint density at radius 1 is 1.10 bits per heavy atom. The molecule has 2 aliphatic rings. The molecule has 2 N–H and O–H groups in total. The first-order chi connectivity index (χ1) is 19.0. The minimum absolute atomic E-state index is 0.0716. The third-order valence-corrected chi connectivity index (χ3v) is 7.34. The lowest BCUT2D eigenvalue weighted by Crippen LogP contribution is -2.48. The van der Waals surface area contributed by atoms with E-state index in [2.05, 4.69) is 55.9 Å². The van der Waals surface area contributed by atoms with E-state index in [-0.39, 0.29) is 24.1 Å². The van der Waals surface area contributed by atoms with Crippen molar-refractivity contribution < 1.29 is 28.8 Å². The molecular weight excluding hydrogens is 644 g/mol. The second-order valence-corrected chi connectivity index (χ2v) is 12.4. The molecule has 2 aromatic carbocycles. The van der Waals surface area contributed by atoms with Crippen molar-refractivity contribution in [1.29, 1.82) is 0 Å². The van der Waals surface area contributed by atoms with E-state index in [9.17, 15) is 9.90 Å². The van der Waals surface area contributed by atoms with Gasteiger partial charge in [-0.2, -0.15) is 0 Å². The van der Waals surface area contributed by atoms with Gasteiger partial charge >= 0.3 is 6.09 Å². The van der Waals surface area contributed by atoms with Crippen molar-refractivity contribution in [3.05, 3.63) is 69.1 Å². The Kier molecular flexibility index (Phi) is 12.8. The highest BCUT2D eigenvalue weighted by Crippen LogP contribution is 2.27. The van der Waals surface area contributed by atoms with E-state index in [1.54, 1.807) is 17.0 Å². The van der Waals surface area contributed by atoms with Crippen LogP contribution in [0.4, 0.5) is 4.79 Å². The summed E-state index contributed by atoms with van der Waals surface area (Å²) in [7, 11) is 0. The quantitative estimate of drug-likeness (QED) is 0.353. The van der Waals surface area contributed by atoms with Crippen molar-refractivity contribution in [2.24, 2.45) is 0 Å². The molecule has 0 spiro atoms. The number of hydrogen-bond acceptors (Lipinski definition) is 7. The maximum absolute atomic E-state index is 12.1. The van der Waals surface area contributed by atoms with Crippen LogP contribution in [0.1, 0.15) is 31.9 Å². The van der Waals surface area contributed by atoms with Crippen LogP contribution in [0, 0.1) is 0 Å². The monoisotopic (exact) mass is 682 g/mol. The van der Waals surface area contributed by atoms with Gasteiger partial charge in [0, 0.05) is 26.1 Å². The fourth-order valence-corrected chi connectivity index (χ4v) is 5.19. The molecule has 2 fully saturated rings. The zero-order valence-electron chi connectivity index (χ0n) is 23.5. The lowest BCUT2D eigenvalue weighted by molar-refractivity contribution is -0.0415. The molecular formula is C30H40Br2N2O6. The van der Waals surface area contributed by atoms with E-state index in [1.807, 2.05) is 39.0 Å². The number of halogens is 2. The molecule has 2 saturated heterocycles. The molecule has 2 atom stereocenters. The van der Waals surface area contributed by atoms with Crippen LogP contribution in [0.3, 0.4) is 0 Å². The van der Waals surface area contributed by atoms with E-state index < -0.39 is 5.60 Å². The van der Waals surface area contributed by atoms with E-state index >= 15 is 0 Å². The predicted octanol–water partition coefficient (Wildman–Crippen LogP) is 5.88. The molecule has 0 bridgehead atoms. The number of rotatable bonds is 7. The maximum atomic E-state index is 12.1. The first kappa shape index (κ1) is 32.4. The molecule has 0 unspecified atom stereocenters. The highest BCUT2D eigenvalue weighted by atomic mass is 79.9. The van der Waals surface area contributed by atoms with Crippen LogP contribution in [-0.2, 0) is 27.1 Å². The highest BCUT2D eigenvalue weighted by molar-refractivity contribution is 9.10. The fourth-order valence-electron chi connectivity index (χ4n) is 4.23. The molecule has 40 heavy (non-hydrogen) atoms. The minimum Gasteiger partial charge on any atom is -0.507 e. The lowest BCUT2D eigenvalue weighted by Gasteiger charge is -2.34. The minimum atomic E-state index is -0.493. The van der Waals surface area contributed by atoms with Crippen LogP contribution in [0.2, 0.25) is 0 Å². The van der Waals surface area contributed by atoms with Gasteiger partial charge < -0.3 is 34.3 Å². The number of phenolic OH excluding ortho intramolecular Hbond substituents is 1. The van der Waals surface area contributed by atoms with Gasteiger partial charge in [-0.3, -0.25) is 0 Å². The van der Waals surface area contributed by atoms with Gasteiger partial charge in [-0.15, -0.1) is 0 Å². The number of ether oxygens (including phenoxy) is 4. The number of hydrogen-bond donors (Lipinski definition) is 2. The van der Waals surface area contributed by atoms with Crippen molar-refractivity contribution in [2.75, 3.05) is 46.0 Å². The molecule has 2 aliphatic heterocycles. The zero-order valence-corrected chi connectivity index (χ0v) is 26.6. The number of nitrogens with zero attached hydrogens (tertiary/aromatic N) is 1. The van der Waals surface area contributed by atoms with Gasteiger partial charge in [-0.05, 0) is 94.4 Å². The number of carbonyl (C=O) groups excluding carboxylic acids is 1. The molecule has 2 heterocycles. The molecule has 4 rings (SSSR count). The number of amides is 1. The lowest BCUT2D eigenvalue weighted by atomic mass is 10.1. The smallest absolute Gasteiger partial charge is 0.410 e.